The van der Waals surface area contributed by atoms with Crippen molar-refractivity contribution in [1.29, 1.82) is 0 Å². The largest absolute Gasteiger partial charge is 0.480 e. The second-order valence-electron chi connectivity index (χ2n) is 3.40. The van der Waals surface area contributed by atoms with Gasteiger partial charge in [-0.3, -0.25) is 5.32 Å². The second kappa shape index (κ2) is 4.44. The molecule has 1 aliphatic heterocycles. The van der Waals surface area contributed by atoms with Gasteiger partial charge in [0, 0.05) is 18.1 Å². The number of rotatable bonds is 2. The number of aromatic nitrogens is 2. The third-order valence-corrected chi connectivity index (χ3v) is 2.97. The summed E-state index contributed by atoms with van der Waals surface area (Å²) in [6.45, 7) is 0.467. The van der Waals surface area contributed by atoms with Gasteiger partial charge in [-0.25, -0.2) is 9.59 Å². The van der Waals surface area contributed by atoms with Crippen molar-refractivity contribution in [1.82, 2.24) is 14.5 Å². The minimum Gasteiger partial charge on any atom is -0.480 e. The fourth-order valence-electron chi connectivity index (χ4n) is 1.67. The molecule has 0 aromatic carbocycles. The Balaban J connectivity index is 2.01. The zero-order chi connectivity index (χ0) is 11.5. The molecule has 2 amide bonds. The molecule has 0 aliphatic carbocycles. The van der Waals surface area contributed by atoms with Crippen LogP contribution in [0.3, 0.4) is 0 Å². The molecule has 7 nitrogen and oxygen atoms in total. The Bertz CT molecular complexity index is 394. The molecule has 0 radical (unpaired) electrons. The van der Waals surface area contributed by atoms with Gasteiger partial charge in [0.2, 0.25) is 0 Å². The first-order valence-corrected chi connectivity index (χ1v) is 5.53. The molecule has 1 atom stereocenters. The van der Waals surface area contributed by atoms with Gasteiger partial charge in [-0.1, -0.05) is 4.49 Å². The number of carboxylic acids is 1. The van der Waals surface area contributed by atoms with E-state index in [4.69, 9.17) is 5.11 Å². The molecule has 2 heterocycles. The van der Waals surface area contributed by atoms with E-state index in [9.17, 15) is 9.59 Å². The highest BCUT2D eigenvalue weighted by Gasteiger charge is 2.34. The summed E-state index contributed by atoms with van der Waals surface area (Å²) in [5.41, 5.74) is 0. The van der Waals surface area contributed by atoms with Crippen LogP contribution in [0.1, 0.15) is 12.8 Å². The summed E-state index contributed by atoms with van der Waals surface area (Å²) in [5.74, 6) is -0.963. The molecule has 0 bridgehead atoms. The van der Waals surface area contributed by atoms with Crippen LogP contribution in [-0.2, 0) is 4.79 Å². The van der Waals surface area contributed by atoms with Crippen molar-refractivity contribution in [3.05, 3.63) is 6.20 Å². The number of nitrogens with zero attached hydrogens (tertiary/aromatic N) is 3. The van der Waals surface area contributed by atoms with Gasteiger partial charge in [-0.2, -0.15) is 0 Å². The number of hydrogen-bond acceptors (Lipinski definition) is 5. The molecule has 0 saturated carbocycles. The summed E-state index contributed by atoms with van der Waals surface area (Å²) in [5, 5.41) is 15.6. The van der Waals surface area contributed by atoms with Gasteiger partial charge in [0.15, 0.2) is 0 Å². The minimum atomic E-state index is -0.963. The number of carboxylic acid groups (broad SMARTS) is 1. The summed E-state index contributed by atoms with van der Waals surface area (Å²) in [6, 6.07) is -1.13. The summed E-state index contributed by atoms with van der Waals surface area (Å²) >= 11 is 1.05. The third kappa shape index (κ3) is 2.11. The SMILES string of the molecule is O=C(O)C1CCCN1C(=O)Nc1cnns1. The molecule has 1 unspecified atom stereocenters. The maximum Gasteiger partial charge on any atom is 0.326 e. The number of amides is 2. The molecule has 8 heteroatoms. The normalized spacial score (nSPS) is 19.8. The number of likely N-dealkylation sites (tertiary alicyclic amines) is 1. The molecule has 2 N–H and O–H groups in total. The van der Waals surface area contributed by atoms with E-state index in [0.29, 0.717) is 24.4 Å². The van der Waals surface area contributed by atoms with Crippen LogP contribution in [0.5, 0.6) is 0 Å². The van der Waals surface area contributed by atoms with Crippen molar-refractivity contribution in [2.75, 3.05) is 11.9 Å². The lowest BCUT2D eigenvalue weighted by Gasteiger charge is -2.20. The highest BCUT2D eigenvalue weighted by molar-refractivity contribution is 7.10. The molecule has 1 aliphatic rings. The van der Waals surface area contributed by atoms with Crippen LogP contribution in [0.4, 0.5) is 9.80 Å². The monoisotopic (exact) mass is 242 g/mol. The molecule has 16 heavy (non-hydrogen) atoms. The Kier molecular flexibility index (Phi) is 3.00. The van der Waals surface area contributed by atoms with Crippen molar-refractivity contribution in [3.63, 3.8) is 0 Å². The number of carbonyl (C=O) groups excluding carboxylic acids is 1. The predicted molar refractivity (Wildman–Crippen MR) is 56.3 cm³/mol. The molecule has 0 spiro atoms. The predicted octanol–water partition coefficient (Wildman–Crippen LogP) is 0.619. The molecular formula is C8H10N4O3S. The van der Waals surface area contributed by atoms with Gasteiger partial charge >= 0.3 is 12.0 Å². The van der Waals surface area contributed by atoms with Crippen molar-refractivity contribution < 1.29 is 14.7 Å². The molecule has 1 saturated heterocycles. The second-order valence-corrected chi connectivity index (χ2v) is 4.19. The van der Waals surface area contributed by atoms with E-state index in [2.05, 4.69) is 14.9 Å². The van der Waals surface area contributed by atoms with E-state index in [1.54, 1.807) is 0 Å². The van der Waals surface area contributed by atoms with Crippen LogP contribution < -0.4 is 5.32 Å². The van der Waals surface area contributed by atoms with Crippen LogP contribution in [0.2, 0.25) is 0 Å². The van der Waals surface area contributed by atoms with Crippen molar-refractivity contribution in [2.24, 2.45) is 0 Å². The van der Waals surface area contributed by atoms with Crippen molar-refractivity contribution >= 4 is 28.5 Å². The first kappa shape index (κ1) is 10.8. The number of hydrogen-bond donors (Lipinski definition) is 2. The lowest BCUT2D eigenvalue weighted by molar-refractivity contribution is -0.141. The fourth-order valence-corrected chi connectivity index (χ4v) is 2.08. The Labute approximate surface area is 95.2 Å². The quantitative estimate of drug-likeness (QED) is 0.792. The van der Waals surface area contributed by atoms with Gasteiger partial charge in [0.25, 0.3) is 0 Å². The van der Waals surface area contributed by atoms with Crippen LogP contribution in [-0.4, -0.2) is 44.2 Å². The summed E-state index contributed by atoms with van der Waals surface area (Å²) in [4.78, 5) is 23.9. The molecule has 2 rings (SSSR count). The minimum absolute atomic E-state index is 0.407. The van der Waals surface area contributed by atoms with E-state index in [0.717, 1.165) is 11.5 Å². The molecule has 1 fully saturated rings. The first-order chi connectivity index (χ1) is 7.68. The standard InChI is InChI=1S/C8H10N4O3S/c13-7(14)5-2-1-3-12(5)8(15)10-6-4-9-11-16-6/h4-5H,1-3H2,(H,10,15)(H,13,14). The van der Waals surface area contributed by atoms with E-state index < -0.39 is 18.0 Å². The van der Waals surface area contributed by atoms with E-state index in [1.165, 1.54) is 11.1 Å². The maximum atomic E-state index is 11.7. The molecule has 86 valence electrons. The number of aliphatic carboxylic acids is 1. The van der Waals surface area contributed by atoms with Crippen molar-refractivity contribution in [2.45, 2.75) is 18.9 Å². The Morgan fingerprint density at radius 3 is 3.06 bits per heavy atom. The van der Waals surface area contributed by atoms with Gasteiger partial charge in [-0.05, 0) is 12.8 Å². The van der Waals surface area contributed by atoms with Crippen LogP contribution in [0.25, 0.3) is 0 Å². The average Bonchev–Trinajstić information content (AvgIpc) is 2.86. The van der Waals surface area contributed by atoms with Crippen molar-refractivity contribution in [3.8, 4) is 0 Å². The Morgan fingerprint density at radius 1 is 1.62 bits per heavy atom. The lowest BCUT2D eigenvalue weighted by Crippen LogP contribution is -2.42. The van der Waals surface area contributed by atoms with E-state index in [1.807, 2.05) is 0 Å². The first-order valence-electron chi connectivity index (χ1n) is 4.76. The topological polar surface area (TPSA) is 95.4 Å². The number of urea groups is 1. The Hall–Kier alpha value is -1.70. The summed E-state index contributed by atoms with van der Waals surface area (Å²) in [7, 11) is 0. The zero-order valence-electron chi connectivity index (χ0n) is 8.29. The Morgan fingerprint density at radius 2 is 2.44 bits per heavy atom. The average molecular weight is 242 g/mol. The molecule has 1 aromatic rings. The number of anilines is 1. The summed E-state index contributed by atoms with van der Waals surface area (Å²) < 4.78 is 3.60. The highest BCUT2D eigenvalue weighted by atomic mass is 32.1. The van der Waals surface area contributed by atoms with Gasteiger partial charge in [0.05, 0.1) is 6.20 Å². The number of carbonyl (C=O) groups is 2. The summed E-state index contributed by atoms with van der Waals surface area (Å²) in [6.07, 6.45) is 2.64. The fraction of sp³-hybridized carbons (Fsp3) is 0.500. The van der Waals surface area contributed by atoms with Crippen LogP contribution >= 0.6 is 11.5 Å². The zero-order valence-corrected chi connectivity index (χ0v) is 9.11. The maximum absolute atomic E-state index is 11.7. The van der Waals surface area contributed by atoms with Gasteiger partial charge in [-0.15, -0.1) is 5.10 Å². The van der Waals surface area contributed by atoms with Gasteiger partial charge < -0.3 is 10.0 Å². The van der Waals surface area contributed by atoms with E-state index >= 15 is 0 Å². The smallest absolute Gasteiger partial charge is 0.326 e. The van der Waals surface area contributed by atoms with Crippen LogP contribution in [0.15, 0.2) is 6.20 Å². The van der Waals surface area contributed by atoms with Gasteiger partial charge in [0.1, 0.15) is 11.0 Å². The lowest BCUT2D eigenvalue weighted by atomic mass is 10.2. The van der Waals surface area contributed by atoms with Crippen LogP contribution in [0, 0.1) is 0 Å². The molecular weight excluding hydrogens is 232 g/mol. The molecule has 1 aromatic heterocycles. The third-order valence-electron chi connectivity index (χ3n) is 2.39. The van der Waals surface area contributed by atoms with E-state index in [-0.39, 0.29) is 0 Å². The number of nitrogens with one attached hydrogen (secondary N) is 1. The highest BCUT2D eigenvalue weighted by Crippen LogP contribution is 2.19.